The summed E-state index contributed by atoms with van der Waals surface area (Å²) in [6.45, 7) is 2.61. The molecule has 23 heavy (non-hydrogen) atoms. The first kappa shape index (κ1) is 15.5. The van der Waals surface area contributed by atoms with E-state index in [1.165, 1.54) is 0 Å². The van der Waals surface area contributed by atoms with E-state index in [9.17, 15) is 18.0 Å². The van der Waals surface area contributed by atoms with Crippen molar-refractivity contribution in [1.29, 1.82) is 0 Å². The molecule has 0 aliphatic carbocycles. The number of hydrogen-bond acceptors (Lipinski definition) is 5. The molecule has 2 aromatic heterocycles. The van der Waals surface area contributed by atoms with Crippen molar-refractivity contribution in [2.75, 3.05) is 18.0 Å². The Labute approximate surface area is 129 Å². The van der Waals surface area contributed by atoms with E-state index in [4.69, 9.17) is 5.73 Å². The van der Waals surface area contributed by atoms with Gasteiger partial charge in [-0.05, 0) is 19.8 Å². The Morgan fingerprint density at radius 2 is 2.13 bits per heavy atom. The number of aryl methyl sites for hydroxylation is 1. The van der Waals surface area contributed by atoms with Crippen LogP contribution >= 0.6 is 0 Å². The summed E-state index contributed by atoms with van der Waals surface area (Å²) in [6, 6.07) is 1.63. The fraction of sp³-hybridized carbons (Fsp3) is 0.538. The zero-order chi connectivity index (χ0) is 16.8. The monoisotopic (exact) mass is 328 g/mol. The molecule has 0 aromatic carbocycles. The predicted molar refractivity (Wildman–Crippen MR) is 74.7 cm³/mol. The first-order chi connectivity index (χ1) is 10.8. The smallest absolute Gasteiger partial charge is 0.369 e. The van der Waals surface area contributed by atoms with Crippen LogP contribution in [0.1, 0.15) is 24.4 Å². The van der Waals surface area contributed by atoms with Crippen molar-refractivity contribution in [3.8, 4) is 0 Å². The molecule has 124 valence electrons. The normalized spacial score (nSPS) is 19.3. The Morgan fingerprint density at radius 1 is 1.39 bits per heavy atom. The van der Waals surface area contributed by atoms with Crippen LogP contribution in [0.5, 0.6) is 0 Å². The fourth-order valence-corrected chi connectivity index (χ4v) is 2.73. The summed E-state index contributed by atoms with van der Waals surface area (Å²) in [5, 5.41) is 3.53. The molecule has 1 saturated heterocycles. The number of halogens is 3. The van der Waals surface area contributed by atoms with Crippen LogP contribution in [0, 0.1) is 12.8 Å². The highest BCUT2D eigenvalue weighted by atomic mass is 19.4. The number of anilines is 1. The third-order valence-electron chi connectivity index (χ3n) is 3.82. The standard InChI is InChI=1S/C13H15F3N6O/c1-7-5-9(21-4-2-3-8(6-21)10(17)23)22-12(18-7)19-11(20-22)13(14,15)16/h5,8H,2-4,6H2,1H3,(H2,17,23). The van der Waals surface area contributed by atoms with Crippen LogP contribution in [0.2, 0.25) is 0 Å². The number of nitrogens with zero attached hydrogens (tertiary/aromatic N) is 5. The van der Waals surface area contributed by atoms with Gasteiger partial charge in [-0.2, -0.15) is 22.7 Å². The number of hydrogen-bond donors (Lipinski definition) is 1. The molecule has 2 aromatic rings. The molecule has 1 fully saturated rings. The molecule has 7 nitrogen and oxygen atoms in total. The second-order valence-electron chi connectivity index (χ2n) is 5.59. The third kappa shape index (κ3) is 2.92. The molecule has 0 spiro atoms. The lowest BCUT2D eigenvalue weighted by Crippen LogP contribution is -2.42. The van der Waals surface area contributed by atoms with Crippen molar-refractivity contribution in [2.24, 2.45) is 11.7 Å². The molecule has 0 radical (unpaired) electrons. The number of amides is 1. The van der Waals surface area contributed by atoms with E-state index in [2.05, 4.69) is 15.1 Å². The van der Waals surface area contributed by atoms with Crippen molar-refractivity contribution < 1.29 is 18.0 Å². The lowest BCUT2D eigenvalue weighted by atomic mass is 9.97. The van der Waals surface area contributed by atoms with Gasteiger partial charge in [0.05, 0.1) is 5.92 Å². The van der Waals surface area contributed by atoms with Crippen LogP contribution < -0.4 is 10.6 Å². The van der Waals surface area contributed by atoms with Crippen molar-refractivity contribution >= 4 is 17.5 Å². The minimum absolute atomic E-state index is 0.117. The summed E-state index contributed by atoms with van der Waals surface area (Å²) in [5.41, 5.74) is 5.87. The van der Waals surface area contributed by atoms with Crippen molar-refractivity contribution in [2.45, 2.75) is 25.9 Å². The van der Waals surface area contributed by atoms with Gasteiger partial charge in [0.25, 0.3) is 11.6 Å². The van der Waals surface area contributed by atoms with Gasteiger partial charge in [0.15, 0.2) is 0 Å². The Kier molecular flexibility index (Phi) is 3.61. The van der Waals surface area contributed by atoms with E-state index in [0.29, 0.717) is 31.0 Å². The third-order valence-corrected chi connectivity index (χ3v) is 3.82. The van der Waals surface area contributed by atoms with E-state index in [0.717, 1.165) is 10.9 Å². The van der Waals surface area contributed by atoms with Crippen molar-refractivity contribution in [1.82, 2.24) is 19.6 Å². The van der Waals surface area contributed by atoms with Gasteiger partial charge in [-0.15, -0.1) is 5.10 Å². The van der Waals surface area contributed by atoms with E-state index >= 15 is 0 Å². The van der Waals surface area contributed by atoms with E-state index < -0.39 is 17.9 Å². The van der Waals surface area contributed by atoms with Gasteiger partial charge < -0.3 is 10.6 Å². The molecule has 0 bridgehead atoms. The summed E-state index contributed by atoms with van der Waals surface area (Å²) >= 11 is 0. The Bertz CT molecular complexity index is 756. The van der Waals surface area contributed by atoms with Crippen LogP contribution in [0.15, 0.2) is 6.07 Å². The van der Waals surface area contributed by atoms with E-state index in [1.54, 1.807) is 17.9 Å². The number of fused-ring (bicyclic) bond motifs is 1. The van der Waals surface area contributed by atoms with Gasteiger partial charge in [-0.1, -0.05) is 0 Å². The fourth-order valence-electron chi connectivity index (χ4n) is 2.73. The number of aromatic nitrogens is 4. The van der Waals surface area contributed by atoms with Crippen molar-refractivity contribution in [3.05, 3.63) is 17.6 Å². The maximum atomic E-state index is 12.8. The summed E-state index contributed by atoms with van der Waals surface area (Å²) in [5.74, 6) is -1.67. The van der Waals surface area contributed by atoms with E-state index in [1.807, 2.05) is 0 Å². The molecular formula is C13H15F3N6O. The van der Waals surface area contributed by atoms with Crippen LogP contribution in [0.4, 0.5) is 19.0 Å². The summed E-state index contributed by atoms with van der Waals surface area (Å²) in [4.78, 5) is 20.6. The van der Waals surface area contributed by atoms with Gasteiger partial charge in [0.1, 0.15) is 5.82 Å². The number of nitrogens with two attached hydrogens (primary N) is 1. The van der Waals surface area contributed by atoms with Gasteiger partial charge in [0.2, 0.25) is 5.91 Å². The SMILES string of the molecule is Cc1cc(N2CCCC(C(N)=O)C2)n2nc(C(F)(F)F)nc2n1. The molecular weight excluding hydrogens is 313 g/mol. The van der Waals surface area contributed by atoms with Gasteiger partial charge >= 0.3 is 6.18 Å². The quantitative estimate of drug-likeness (QED) is 0.893. The van der Waals surface area contributed by atoms with Gasteiger partial charge in [-0.3, -0.25) is 4.79 Å². The highest BCUT2D eigenvalue weighted by molar-refractivity contribution is 5.77. The molecule has 2 N–H and O–H groups in total. The Morgan fingerprint density at radius 3 is 2.78 bits per heavy atom. The largest absolute Gasteiger partial charge is 0.453 e. The lowest BCUT2D eigenvalue weighted by Gasteiger charge is -2.32. The Hall–Kier alpha value is -2.39. The number of alkyl halides is 3. The number of carbonyl (C=O) groups is 1. The first-order valence-electron chi connectivity index (χ1n) is 7.11. The molecule has 3 rings (SSSR count). The zero-order valence-corrected chi connectivity index (χ0v) is 12.3. The van der Waals surface area contributed by atoms with Crippen LogP contribution in [-0.4, -0.2) is 38.6 Å². The van der Waals surface area contributed by atoms with Crippen LogP contribution in [0.3, 0.4) is 0 Å². The molecule has 10 heteroatoms. The molecule has 1 amide bonds. The first-order valence-corrected chi connectivity index (χ1v) is 7.11. The molecule has 1 aliphatic heterocycles. The van der Waals surface area contributed by atoms with Gasteiger partial charge in [0, 0.05) is 24.8 Å². The van der Waals surface area contributed by atoms with E-state index in [-0.39, 0.29) is 11.7 Å². The molecule has 3 heterocycles. The zero-order valence-electron chi connectivity index (χ0n) is 12.3. The summed E-state index contributed by atoms with van der Waals surface area (Å²) in [6.07, 6.45) is -3.25. The van der Waals surface area contributed by atoms with Crippen molar-refractivity contribution in [3.63, 3.8) is 0 Å². The van der Waals surface area contributed by atoms with Crippen LogP contribution in [0.25, 0.3) is 5.78 Å². The molecule has 1 aliphatic rings. The number of carbonyl (C=O) groups excluding carboxylic acids is 1. The average Bonchev–Trinajstić information content (AvgIpc) is 2.90. The highest BCUT2D eigenvalue weighted by Crippen LogP contribution is 2.29. The summed E-state index contributed by atoms with van der Waals surface area (Å²) in [7, 11) is 0. The number of piperidine rings is 1. The molecule has 1 unspecified atom stereocenters. The average molecular weight is 328 g/mol. The Balaban J connectivity index is 2.06. The maximum absolute atomic E-state index is 12.8. The van der Waals surface area contributed by atoms with Gasteiger partial charge in [-0.25, -0.2) is 4.98 Å². The second kappa shape index (κ2) is 5.36. The molecule has 1 atom stereocenters. The number of rotatable bonds is 2. The minimum Gasteiger partial charge on any atom is -0.369 e. The lowest BCUT2D eigenvalue weighted by molar-refractivity contribution is -0.144. The molecule has 0 saturated carbocycles. The summed E-state index contributed by atoms with van der Waals surface area (Å²) < 4.78 is 39.6. The topological polar surface area (TPSA) is 89.4 Å². The second-order valence-corrected chi connectivity index (χ2v) is 5.59. The predicted octanol–water partition coefficient (Wildman–Crippen LogP) is 1.15. The minimum atomic E-state index is -4.64. The number of primary amides is 1. The maximum Gasteiger partial charge on any atom is 0.453 e. The van der Waals surface area contributed by atoms with Crippen LogP contribution in [-0.2, 0) is 11.0 Å². The highest BCUT2D eigenvalue weighted by Gasteiger charge is 2.37.